The summed E-state index contributed by atoms with van der Waals surface area (Å²) in [7, 11) is 1.54. The van der Waals surface area contributed by atoms with Crippen molar-refractivity contribution in [3.8, 4) is 0 Å². The summed E-state index contributed by atoms with van der Waals surface area (Å²) in [6.07, 6.45) is -0.186. The molecule has 0 radical (unpaired) electrons. The van der Waals surface area contributed by atoms with Gasteiger partial charge in [0.05, 0.1) is 39.0 Å². The van der Waals surface area contributed by atoms with E-state index in [1.54, 1.807) is 14.0 Å². The van der Waals surface area contributed by atoms with E-state index in [1.807, 2.05) is 60.7 Å². The van der Waals surface area contributed by atoms with Gasteiger partial charge in [0, 0.05) is 13.5 Å². The highest BCUT2D eigenvalue weighted by Crippen LogP contribution is 2.37. The van der Waals surface area contributed by atoms with Gasteiger partial charge in [-0.15, -0.1) is 0 Å². The van der Waals surface area contributed by atoms with Crippen LogP contribution in [0.1, 0.15) is 30.9 Å². The van der Waals surface area contributed by atoms with Gasteiger partial charge < -0.3 is 23.7 Å². The van der Waals surface area contributed by atoms with E-state index in [9.17, 15) is 4.79 Å². The first kappa shape index (κ1) is 22.4. The number of hydrogen-bond donors (Lipinski definition) is 0. The van der Waals surface area contributed by atoms with Gasteiger partial charge in [0.1, 0.15) is 6.10 Å². The lowest BCUT2D eigenvalue weighted by molar-refractivity contribution is -0.226. The zero-order valence-electron chi connectivity index (χ0n) is 17.6. The van der Waals surface area contributed by atoms with Crippen LogP contribution in [0, 0.1) is 0 Å². The third-order valence-electron chi connectivity index (χ3n) is 5.08. The van der Waals surface area contributed by atoms with Crippen LogP contribution in [-0.4, -0.2) is 44.3 Å². The molecule has 0 saturated carbocycles. The molecule has 1 aliphatic rings. The topological polar surface area (TPSA) is 63.2 Å². The standard InChI is InChI=1S/C24H30O6/c1-3-28-23(25)15-24(26-2)14-21(29-17-20-12-8-5-9-13-20)22(30-24)18-27-16-19-10-6-4-7-11-19/h4-13,21-22H,3,14-18H2,1-2H3/t21-,22+,24+/m0/s1. The van der Waals surface area contributed by atoms with Gasteiger partial charge in [-0.25, -0.2) is 0 Å². The molecule has 1 heterocycles. The minimum Gasteiger partial charge on any atom is -0.466 e. The Morgan fingerprint density at radius 3 is 2.27 bits per heavy atom. The minimum absolute atomic E-state index is 0.0116. The van der Waals surface area contributed by atoms with E-state index < -0.39 is 5.79 Å². The van der Waals surface area contributed by atoms with Crippen LogP contribution in [0.5, 0.6) is 0 Å². The van der Waals surface area contributed by atoms with Crippen molar-refractivity contribution in [2.75, 3.05) is 20.3 Å². The van der Waals surface area contributed by atoms with E-state index in [0.29, 0.717) is 32.8 Å². The molecule has 162 valence electrons. The van der Waals surface area contributed by atoms with E-state index in [4.69, 9.17) is 23.7 Å². The predicted octanol–water partition coefficient (Wildman–Crippen LogP) is 3.87. The van der Waals surface area contributed by atoms with Crippen LogP contribution in [0.15, 0.2) is 60.7 Å². The second-order valence-electron chi connectivity index (χ2n) is 7.29. The second kappa shape index (κ2) is 11.2. The Balaban J connectivity index is 1.64. The minimum atomic E-state index is -1.08. The first-order valence-electron chi connectivity index (χ1n) is 10.3. The van der Waals surface area contributed by atoms with Crippen molar-refractivity contribution in [3.05, 3.63) is 71.8 Å². The normalized spacial score (nSPS) is 23.4. The Kier molecular flexibility index (Phi) is 8.39. The molecule has 1 saturated heterocycles. The lowest BCUT2D eigenvalue weighted by Gasteiger charge is -2.26. The number of ether oxygens (including phenoxy) is 5. The van der Waals surface area contributed by atoms with Gasteiger partial charge in [0.15, 0.2) is 5.79 Å². The van der Waals surface area contributed by atoms with Crippen LogP contribution < -0.4 is 0 Å². The lowest BCUT2D eigenvalue weighted by atomic mass is 10.1. The summed E-state index contributed by atoms with van der Waals surface area (Å²) in [6, 6.07) is 19.9. The van der Waals surface area contributed by atoms with Crippen molar-refractivity contribution in [1.82, 2.24) is 0 Å². The molecular weight excluding hydrogens is 384 g/mol. The highest BCUT2D eigenvalue weighted by molar-refractivity contribution is 5.70. The first-order valence-corrected chi connectivity index (χ1v) is 10.3. The van der Waals surface area contributed by atoms with Gasteiger partial charge in [-0.3, -0.25) is 4.79 Å². The van der Waals surface area contributed by atoms with Crippen molar-refractivity contribution in [2.24, 2.45) is 0 Å². The Hall–Kier alpha value is -2.25. The maximum absolute atomic E-state index is 12.1. The smallest absolute Gasteiger partial charge is 0.311 e. The molecule has 0 unspecified atom stereocenters. The van der Waals surface area contributed by atoms with E-state index >= 15 is 0 Å². The predicted molar refractivity (Wildman–Crippen MR) is 112 cm³/mol. The largest absolute Gasteiger partial charge is 0.466 e. The van der Waals surface area contributed by atoms with Crippen LogP contribution in [0.2, 0.25) is 0 Å². The molecule has 2 aromatic rings. The highest BCUT2D eigenvalue weighted by Gasteiger charge is 2.49. The molecule has 1 aliphatic heterocycles. The molecule has 6 nitrogen and oxygen atoms in total. The molecule has 2 aromatic carbocycles. The Morgan fingerprint density at radius 1 is 1.03 bits per heavy atom. The molecule has 30 heavy (non-hydrogen) atoms. The van der Waals surface area contributed by atoms with Gasteiger partial charge in [0.2, 0.25) is 0 Å². The molecule has 0 amide bonds. The van der Waals surface area contributed by atoms with Crippen molar-refractivity contribution >= 4 is 5.97 Å². The van der Waals surface area contributed by atoms with Crippen molar-refractivity contribution in [3.63, 3.8) is 0 Å². The molecule has 6 heteroatoms. The molecule has 3 atom stereocenters. The van der Waals surface area contributed by atoms with Crippen molar-refractivity contribution in [1.29, 1.82) is 0 Å². The lowest BCUT2D eigenvalue weighted by Crippen LogP contribution is -2.35. The van der Waals surface area contributed by atoms with Crippen molar-refractivity contribution in [2.45, 2.75) is 51.0 Å². The monoisotopic (exact) mass is 414 g/mol. The molecule has 0 bridgehead atoms. The summed E-state index contributed by atoms with van der Waals surface area (Å²) < 4.78 is 29.0. The van der Waals surface area contributed by atoms with E-state index in [-0.39, 0.29) is 24.6 Å². The molecule has 0 N–H and O–H groups in total. The second-order valence-corrected chi connectivity index (χ2v) is 7.29. The Labute approximate surface area is 178 Å². The van der Waals surface area contributed by atoms with Crippen molar-refractivity contribution < 1.29 is 28.5 Å². The average Bonchev–Trinajstić information content (AvgIpc) is 3.11. The summed E-state index contributed by atoms with van der Waals surface area (Å²) in [5.41, 5.74) is 2.16. The molecule has 0 aliphatic carbocycles. The molecular formula is C24H30O6. The zero-order valence-corrected chi connectivity index (χ0v) is 17.6. The fourth-order valence-electron chi connectivity index (χ4n) is 3.54. The van der Waals surface area contributed by atoms with Gasteiger partial charge in [-0.2, -0.15) is 0 Å². The van der Waals surface area contributed by atoms with Gasteiger partial charge in [0.25, 0.3) is 0 Å². The summed E-state index contributed by atoms with van der Waals surface area (Å²) >= 11 is 0. The quantitative estimate of drug-likeness (QED) is 0.520. The molecule has 0 aromatic heterocycles. The van der Waals surface area contributed by atoms with E-state index in [1.165, 1.54) is 0 Å². The number of methoxy groups -OCH3 is 1. The number of carbonyl (C=O) groups is 1. The fraction of sp³-hybridized carbons (Fsp3) is 0.458. The average molecular weight is 414 g/mol. The van der Waals surface area contributed by atoms with Crippen LogP contribution in [0.4, 0.5) is 0 Å². The Morgan fingerprint density at radius 2 is 1.67 bits per heavy atom. The van der Waals surface area contributed by atoms with Crippen LogP contribution in [0.25, 0.3) is 0 Å². The first-order chi connectivity index (χ1) is 14.6. The number of rotatable bonds is 11. The molecule has 3 rings (SSSR count). The summed E-state index contributed by atoms with van der Waals surface area (Å²) in [5, 5.41) is 0. The summed E-state index contributed by atoms with van der Waals surface area (Å²) in [5.74, 6) is -1.43. The maximum Gasteiger partial charge on any atom is 0.311 e. The van der Waals surface area contributed by atoms with Crippen LogP contribution in [0.3, 0.4) is 0 Å². The highest BCUT2D eigenvalue weighted by atomic mass is 16.7. The van der Waals surface area contributed by atoms with E-state index in [2.05, 4.69) is 0 Å². The Bertz CT molecular complexity index is 766. The van der Waals surface area contributed by atoms with Gasteiger partial charge in [-0.05, 0) is 18.1 Å². The molecule has 0 spiro atoms. The SMILES string of the molecule is CCOC(=O)C[C@@]1(OC)C[C@H](OCc2ccccc2)[C@@H](COCc2ccccc2)O1. The number of benzene rings is 2. The van der Waals surface area contributed by atoms with Gasteiger partial charge >= 0.3 is 5.97 Å². The number of esters is 1. The van der Waals surface area contributed by atoms with Crippen LogP contribution in [-0.2, 0) is 41.7 Å². The van der Waals surface area contributed by atoms with E-state index in [0.717, 1.165) is 11.1 Å². The zero-order chi connectivity index (χ0) is 21.2. The van der Waals surface area contributed by atoms with Gasteiger partial charge in [-0.1, -0.05) is 60.7 Å². The van der Waals surface area contributed by atoms with Crippen LogP contribution >= 0.6 is 0 Å². The summed E-state index contributed by atoms with van der Waals surface area (Å²) in [4.78, 5) is 12.1. The number of carbonyl (C=O) groups excluding carboxylic acids is 1. The summed E-state index contributed by atoms with van der Waals surface area (Å²) in [6.45, 7) is 3.35. The fourth-order valence-corrected chi connectivity index (χ4v) is 3.54. The third kappa shape index (κ3) is 6.37. The maximum atomic E-state index is 12.1. The molecule has 1 fully saturated rings. The number of hydrogen-bond acceptors (Lipinski definition) is 6. The third-order valence-corrected chi connectivity index (χ3v) is 5.08.